The van der Waals surface area contributed by atoms with Crippen LogP contribution in [0.2, 0.25) is 0 Å². The molecule has 0 saturated carbocycles. The van der Waals surface area contributed by atoms with E-state index in [2.05, 4.69) is 15.6 Å². The highest BCUT2D eigenvalue weighted by Gasteiger charge is 2.23. The Labute approximate surface area is 171 Å². The van der Waals surface area contributed by atoms with Gasteiger partial charge in [0, 0.05) is 19.0 Å². The zero-order valence-electron chi connectivity index (χ0n) is 15.7. The molecule has 0 spiro atoms. The molecule has 0 radical (unpaired) electrons. The molecule has 6 nitrogen and oxygen atoms in total. The Morgan fingerprint density at radius 1 is 1.10 bits per heavy atom. The van der Waals surface area contributed by atoms with Crippen LogP contribution in [-0.2, 0) is 11.2 Å². The van der Waals surface area contributed by atoms with Crippen LogP contribution in [0.3, 0.4) is 0 Å². The van der Waals surface area contributed by atoms with Gasteiger partial charge in [0.05, 0.1) is 4.88 Å². The van der Waals surface area contributed by atoms with Crippen LogP contribution >= 0.6 is 11.3 Å². The molecular formula is C22H19N3O3S. The maximum absolute atomic E-state index is 13.0. The SMILES string of the molecule is Cc1nc2cc(NC(=O)[C@@H](Cc3ccccc3)NC(=O)c3cccs3)ccc2o1. The van der Waals surface area contributed by atoms with Gasteiger partial charge in [0.2, 0.25) is 5.91 Å². The minimum atomic E-state index is -0.721. The molecule has 0 saturated heterocycles. The number of aryl methyl sites for hydroxylation is 1. The first kappa shape index (κ1) is 18.9. The summed E-state index contributed by atoms with van der Waals surface area (Å²) in [4.78, 5) is 30.4. The van der Waals surface area contributed by atoms with E-state index in [4.69, 9.17) is 4.42 Å². The Morgan fingerprint density at radius 3 is 2.69 bits per heavy atom. The molecule has 7 heteroatoms. The fraction of sp³-hybridized carbons (Fsp3) is 0.136. The summed E-state index contributed by atoms with van der Waals surface area (Å²) in [5.74, 6) is 0.00521. The van der Waals surface area contributed by atoms with Gasteiger partial charge in [-0.25, -0.2) is 4.98 Å². The van der Waals surface area contributed by atoms with Gasteiger partial charge in [-0.1, -0.05) is 36.4 Å². The molecule has 2 heterocycles. The van der Waals surface area contributed by atoms with Crippen LogP contribution in [0.1, 0.15) is 21.1 Å². The van der Waals surface area contributed by atoms with E-state index in [0.29, 0.717) is 34.0 Å². The van der Waals surface area contributed by atoms with Gasteiger partial charge in [-0.05, 0) is 35.2 Å². The third kappa shape index (κ3) is 4.52. The van der Waals surface area contributed by atoms with Crippen LogP contribution in [-0.4, -0.2) is 22.8 Å². The van der Waals surface area contributed by atoms with E-state index in [0.717, 1.165) is 5.56 Å². The van der Waals surface area contributed by atoms with Crippen LogP contribution < -0.4 is 10.6 Å². The highest BCUT2D eigenvalue weighted by Crippen LogP contribution is 2.20. The Balaban J connectivity index is 1.54. The Morgan fingerprint density at radius 2 is 1.93 bits per heavy atom. The number of benzene rings is 2. The van der Waals surface area contributed by atoms with E-state index in [9.17, 15) is 9.59 Å². The zero-order valence-corrected chi connectivity index (χ0v) is 16.5. The third-order valence-corrected chi connectivity index (χ3v) is 5.28. The Kier molecular flexibility index (Phi) is 5.39. The summed E-state index contributed by atoms with van der Waals surface area (Å²) in [6.45, 7) is 1.77. The lowest BCUT2D eigenvalue weighted by molar-refractivity contribution is -0.118. The van der Waals surface area contributed by atoms with Gasteiger partial charge in [-0.3, -0.25) is 9.59 Å². The lowest BCUT2D eigenvalue weighted by Crippen LogP contribution is -2.45. The number of aromatic nitrogens is 1. The zero-order chi connectivity index (χ0) is 20.2. The molecule has 4 rings (SSSR count). The number of oxazole rings is 1. The molecule has 2 aromatic heterocycles. The van der Waals surface area contributed by atoms with E-state index < -0.39 is 6.04 Å². The summed E-state index contributed by atoms with van der Waals surface area (Å²) in [7, 11) is 0. The smallest absolute Gasteiger partial charge is 0.262 e. The standard InChI is InChI=1S/C22H19N3O3S/c1-14-23-17-13-16(9-10-19(17)28-14)24-21(26)18(12-15-6-3-2-4-7-15)25-22(27)20-8-5-11-29-20/h2-11,13,18H,12H2,1H3,(H,24,26)(H,25,27)/t18-/m1/s1. The van der Waals surface area contributed by atoms with Gasteiger partial charge < -0.3 is 15.1 Å². The van der Waals surface area contributed by atoms with E-state index in [1.165, 1.54) is 11.3 Å². The number of thiophene rings is 1. The number of nitrogens with zero attached hydrogens (tertiary/aromatic N) is 1. The van der Waals surface area contributed by atoms with Crippen molar-refractivity contribution < 1.29 is 14.0 Å². The summed E-state index contributed by atoms with van der Waals surface area (Å²) in [5, 5.41) is 7.57. The molecule has 2 amide bonds. The first-order chi connectivity index (χ1) is 14.1. The number of hydrogen-bond acceptors (Lipinski definition) is 5. The molecule has 29 heavy (non-hydrogen) atoms. The molecule has 0 fully saturated rings. The maximum Gasteiger partial charge on any atom is 0.262 e. The summed E-state index contributed by atoms with van der Waals surface area (Å²) in [6.07, 6.45) is 0.384. The van der Waals surface area contributed by atoms with Crippen molar-refractivity contribution in [1.82, 2.24) is 10.3 Å². The molecule has 0 unspecified atom stereocenters. The van der Waals surface area contributed by atoms with Crippen LogP contribution in [0, 0.1) is 6.92 Å². The van der Waals surface area contributed by atoms with Crippen molar-refractivity contribution in [2.75, 3.05) is 5.32 Å². The summed E-state index contributed by atoms with van der Waals surface area (Å²) < 4.78 is 5.47. The monoisotopic (exact) mass is 405 g/mol. The quantitative estimate of drug-likeness (QED) is 0.504. The minimum absolute atomic E-state index is 0.265. The predicted molar refractivity (Wildman–Crippen MR) is 113 cm³/mol. The molecule has 1 atom stereocenters. The Bertz CT molecular complexity index is 1140. The highest BCUT2D eigenvalue weighted by molar-refractivity contribution is 7.12. The number of carbonyl (C=O) groups is 2. The van der Waals surface area contributed by atoms with Crippen molar-refractivity contribution in [2.24, 2.45) is 0 Å². The van der Waals surface area contributed by atoms with E-state index in [-0.39, 0.29) is 11.8 Å². The predicted octanol–water partition coefficient (Wildman–Crippen LogP) is 4.18. The largest absolute Gasteiger partial charge is 0.441 e. The van der Waals surface area contributed by atoms with Gasteiger partial charge >= 0.3 is 0 Å². The lowest BCUT2D eigenvalue weighted by Gasteiger charge is -2.18. The fourth-order valence-corrected chi connectivity index (χ4v) is 3.67. The van der Waals surface area contributed by atoms with Gasteiger partial charge in [0.25, 0.3) is 5.91 Å². The number of rotatable bonds is 6. The van der Waals surface area contributed by atoms with Crippen molar-refractivity contribution >= 4 is 39.9 Å². The van der Waals surface area contributed by atoms with Gasteiger partial charge in [-0.2, -0.15) is 0 Å². The van der Waals surface area contributed by atoms with E-state index >= 15 is 0 Å². The number of hydrogen-bond donors (Lipinski definition) is 2. The number of fused-ring (bicyclic) bond motifs is 1. The number of nitrogens with one attached hydrogen (secondary N) is 2. The van der Waals surface area contributed by atoms with Crippen molar-refractivity contribution in [1.29, 1.82) is 0 Å². The normalized spacial score (nSPS) is 11.9. The summed E-state index contributed by atoms with van der Waals surface area (Å²) in [5.41, 5.74) is 2.89. The molecule has 0 aliphatic rings. The van der Waals surface area contributed by atoms with Crippen LogP contribution in [0.4, 0.5) is 5.69 Å². The van der Waals surface area contributed by atoms with Crippen LogP contribution in [0.5, 0.6) is 0 Å². The summed E-state index contributed by atoms with van der Waals surface area (Å²) in [6, 6.07) is 17.7. The first-order valence-corrected chi connectivity index (χ1v) is 10.0. The fourth-order valence-electron chi connectivity index (χ4n) is 3.05. The lowest BCUT2D eigenvalue weighted by atomic mass is 10.0. The average Bonchev–Trinajstić information content (AvgIpc) is 3.37. The summed E-state index contributed by atoms with van der Waals surface area (Å²) >= 11 is 1.34. The molecule has 0 bridgehead atoms. The number of amides is 2. The van der Waals surface area contributed by atoms with Crippen molar-refractivity contribution in [3.05, 3.63) is 82.4 Å². The van der Waals surface area contributed by atoms with Crippen molar-refractivity contribution in [3.63, 3.8) is 0 Å². The van der Waals surface area contributed by atoms with E-state index in [1.807, 2.05) is 35.7 Å². The second-order valence-electron chi connectivity index (χ2n) is 6.60. The molecule has 146 valence electrons. The van der Waals surface area contributed by atoms with Gasteiger partial charge in [-0.15, -0.1) is 11.3 Å². The molecule has 0 aliphatic carbocycles. The van der Waals surface area contributed by atoms with Gasteiger partial charge in [0.15, 0.2) is 11.5 Å². The first-order valence-electron chi connectivity index (χ1n) is 9.15. The topological polar surface area (TPSA) is 84.2 Å². The van der Waals surface area contributed by atoms with E-state index in [1.54, 1.807) is 37.3 Å². The molecule has 2 N–H and O–H groups in total. The molecule has 0 aliphatic heterocycles. The Hall–Kier alpha value is -3.45. The molecular weight excluding hydrogens is 386 g/mol. The van der Waals surface area contributed by atoms with Gasteiger partial charge in [0.1, 0.15) is 11.6 Å². The third-order valence-electron chi connectivity index (χ3n) is 4.41. The van der Waals surface area contributed by atoms with Crippen molar-refractivity contribution in [2.45, 2.75) is 19.4 Å². The number of carbonyl (C=O) groups excluding carboxylic acids is 2. The molecule has 4 aromatic rings. The van der Waals surface area contributed by atoms with Crippen LogP contribution in [0.25, 0.3) is 11.1 Å². The highest BCUT2D eigenvalue weighted by atomic mass is 32.1. The second-order valence-corrected chi connectivity index (χ2v) is 7.55. The van der Waals surface area contributed by atoms with Crippen molar-refractivity contribution in [3.8, 4) is 0 Å². The average molecular weight is 405 g/mol. The maximum atomic E-state index is 13.0. The number of anilines is 1. The second kappa shape index (κ2) is 8.28. The van der Waals surface area contributed by atoms with Crippen LogP contribution in [0.15, 0.2) is 70.5 Å². The minimum Gasteiger partial charge on any atom is -0.441 e. The molecule has 2 aromatic carbocycles.